The van der Waals surface area contributed by atoms with Crippen LogP contribution in [0, 0.1) is 10.1 Å². The molecule has 0 atom stereocenters. The molecule has 0 aliphatic heterocycles. The molecule has 0 heterocycles. The van der Waals surface area contributed by atoms with E-state index in [4.69, 9.17) is 15.3 Å². The second kappa shape index (κ2) is 13.5. The van der Waals surface area contributed by atoms with Crippen molar-refractivity contribution in [3.05, 3.63) is 125 Å². The summed E-state index contributed by atoms with van der Waals surface area (Å²) in [7, 11) is -0.409. The summed E-state index contributed by atoms with van der Waals surface area (Å²) in [4.78, 5) is 8.36. The van der Waals surface area contributed by atoms with Crippen molar-refractivity contribution in [2.75, 3.05) is 0 Å². The van der Waals surface area contributed by atoms with Crippen molar-refractivity contribution in [1.82, 2.24) is 0 Å². The van der Waals surface area contributed by atoms with Gasteiger partial charge in [0, 0.05) is 17.1 Å². The Kier molecular flexibility index (Phi) is 11.2. The minimum Gasteiger partial charge on any atom is -0.748 e. The summed E-state index contributed by atoms with van der Waals surface area (Å²) in [5.41, 5.74) is 0. The Morgan fingerprint density at radius 1 is 0.750 bits per heavy atom. The van der Waals surface area contributed by atoms with Crippen LogP contribution >= 0.6 is 7.92 Å². The van der Waals surface area contributed by atoms with Gasteiger partial charge < -0.3 is 35.5 Å². The van der Waals surface area contributed by atoms with Gasteiger partial charge in [-0.25, -0.2) is 12.1 Å². The molecule has 4 nitrogen and oxygen atoms in total. The van der Waals surface area contributed by atoms with Gasteiger partial charge in [-0.15, -0.1) is 15.4 Å². The first-order chi connectivity index (χ1) is 13.2. The smallest absolute Gasteiger partial charge is 0.291 e. The van der Waals surface area contributed by atoms with Crippen LogP contribution in [0.1, 0.15) is 0 Å². The minimum atomic E-state index is -1.50. The maximum atomic E-state index is 8.36. The predicted octanol–water partition coefficient (Wildman–Crippen LogP) is 4.22. The molecule has 0 unspecified atom stereocenters. The van der Waals surface area contributed by atoms with E-state index in [0.717, 1.165) is 0 Å². The number of nitrogens with zero attached hydrogens (tertiary/aromatic N) is 1. The van der Waals surface area contributed by atoms with Crippen LogP contribution in [0.3, 0.4) is 0 Å². The summed E-state index contributed by atoms with van der Waals surface area (Å²) < 4.78 is 0. The van der Waals surface area contributed by atoms with Crippen molar-refractivity contribution in [2.24, 2.45) is 0 Å². The van der Waals surface area contributed by atoms with Crippen molar-refractivity contribution < 1.29 is 27.4 Å². The Bertz CT molecular complexity index is 806. The van der Waals surface area contributed by atoms with Crippen LogP contribution in [-0.2, 0) is 17.1 Å². The van der Waals surface area contributed by atoms with E-state index < -0.39 is 13.0 Å². The zero-order chi connectivity index (χ0) is 19.3. The molecule has 4 rings (SSSR count). The molecule has 0 saturated heterocycles. The SMILES string of the molecule is O=[N+]([O-])O.[Fe].[cH-]1[cH-][cH-][cH-][cH-]1.c1ccc(P(c2ccccc2)[c-]2cccc2)cc1. The molecule has 0 amide bonds. The van der Waals surface area contributed by atoms with Crippen LogP contribution in [0.25, 0.3) is 0 Å². The molecule has 4 aromatic carbocycles. The van der Waals surface area contributed by atoms with E-state index in [9.17, 15) is 0 Å². The summed E-state index contributed by atoms with van der Waals surface area (Å²) in [6, 6.07) is 40.2. The van der Waals surface area contributed by atoms with Gasteiger partial charge >= 0.3 is 0 Å². The average Bonchev–Trinajstić information content (AvgIpc) is 3.40. The summed E-state index contributed by atoms with van der Waals surface area (Å²) in [6.45, 7) is 0. The summed E-state index contributed by atoms with van der Waals surface area (Å²) >= 11 is 0. The van der Waals surface area contributed by atoms with Gasteiger partial charge in [0.15, 0.2) is 0 Å². The van der Waals surface area contributed by atoms with E-state index in [1.165, 1.54) is 15.9 Å². The number of hydrogen-bond acceptors (Lipinski definition) is 2. The quantitative estimate of drug-likeness (QED) is 0.173. The second-order valence-electron chi connectivity index (χ2n) is 5.35. The number of rotatable bonds is 3. The van der Waals surface area contributed by atoms with Crippen LogP contribution in [0.2, 0.25) is 0 Å². The van der Waals surface area contributed by atoms with Gasteiger partial charge in [0.25, 0.3) is 5.09 Å². The van der Waals surface area contributed by atoms with Crippen molar-refractivity contribution in [3.8, 4) is 0 Å². The molecule has 0 radical (unpaired) electrons. The Labute approximate surface area is 176 Å². The van der Waals surface area contributed by atoms with E-state index in [1.54, 1.807) is 0 Å². The first-order valence-corrected chi connectivity index (χ1v) is 9.64. The standard InChI is InChI=1S/C17H14P.C5H5.Fe.HNO3/c1-3-9-15(10-4-1)18(17-13-7-8-14-17)16-11-5-2-6-12-16;1-2-4-5-3-1;;2-1(3)4/h1-14H;1-5H;;(H,2,3,4)/q-1;-5;;. The molecule has 4 aromatic rings. The zero-order valence-corrected chi connectivity index (χ0v) is 17.0. The van der Waals surface area contributed by atoms with Crippen LogP contribution in [-0.4, -0.2) is 10.3 Å². The molecule has 0 bridgehead atoms. The van der Waals surface area contributed by atoms with Gasteiger partial charge in [-0.3, -0.25) is 0 Å². The molecule has 0 fully saturated rings. The van der Waals surface area contributed by atoms with Gasteiger partial charge in [-0.05, 0) is 10.6 Å². The Morgan fingerprint density at radius 2 is 1.07 bits per heavy atom. The van der Waals surface area contributed by atoms with Gasteiger partial charge in [-0.2, -0.15) is 12.1 Å². The van der Waals surface area contributed by atoms with Crippen molar-refractivity contribution >= 4 is 23.8 Å². The molecule has 0 aliphatic carbocycles. The molecule has 0 spiro atoms. The van der Waals surface area contributed by atoms with Gasteiger partial charge in [0.1, 0.15) is 0 Å². The molecule has 150 valence electrons. The van der Waals surface area contributed by atoms with E-state index in [0.29, 0.717) is 0 Å². The Morgan fingerprint density at radius 3 is 1.39 bits per heavy atom. The van der Waals surface area contributed by atoms with Crippen LogP contribution in [0.15, 0.2) is 115 Å². The predicted molar refractivity (Wildman–Crippen MR) is 112 cm³/mol. The first kappa shape index (κ1) is 23.3. The topological polar surface area (TPSA) is 63.4 Å². The van der Waals surface area contributed by atoms with Crippen molar-refractivity contribution in [2.45, 2.75) is 0 Å². The molecule has 28 heavy (non-hydrogen) atoms. The fourth-order valence-corrected chi connectivity index (χ4v) is 4.74. The van der Waals surface area contributed by atoms with E-state index in [2.05, 4.69) is 84.9 Å². The Hall–Kier alpha value is -2.71. The second-order valence-corrected chi connectivity index (χ2v) is 7.57. The molecule has 6 heteroatoms. The molecule has 0 aliphatic rings. The van der Waals surface area contributed by atoms with Crippen LogP contribution in [0.5, 0.6) is 0 Å². The summed E-state index contributed by atoms with van der Waals surface area (Å²) in [6.07, 6.45) is 0. The summed E-state index contributed by atoms with van der Waals surface area (Å²) in [5.74, 6) is 0. The first-order valence-electron chi connectivity index (χ1n) is 8.30. The van der Waals surface area contributed by atoms with Gasteiger partial charge in [0.05, 0.1) is 0 Å². The third kappa shape index (κ3) is 8.32. The van der Waals surface area contributed by atoms with Crippen molar-refractivity contribution in [3.63, 3.8) is 0 Å². The van der Waals surface area contributed by atoms with Crippen LogP contribution < -0.4 is 15.9 Å². The largest absolute Gasteiger partial charge is 0.748 e. The molecular weight excluding hydrogens is 413 g/mol. The normalized spacial score (nSPS) is 9.18. The van der Waals surface area contributed by atoms with Gasteiger partial charge in [0.2, 0.25) is 0 Å². The molecule has 0 aromatic heterocycles. The monoisotopic (exact) mass is 433 g/mol. The third-order valence-corrected chi connectivity index (χ3v) is 5.93. The minimum absolute atomic E-state index is 0. The van der Waals surface area contributed by atoms with Crippen molar-refractivity contribution in [1.29, 1.82) is 0 Å². The maximum Gasteiger partial charge on any atom is 0.291 e. The van der Waals surface area contributed by atoms with E-state index in [1.807, 2.05) is 30.3 Å². The fraction of sp³-hybridized carbons (Fsp3) is 0. The maximum absolute atomic E-state index is 8.36. The molecule has 0 saturated carbocycles. The molecule has 1 N–H and O–H groups in total. The number of hydrogen-bond donors (Lipinski definition) is 1. The van der Waals surface area contributed by atoms with E-state index >= 15 is 0 Å². The molecular formula is C22H20FeNO3P-6. The van der Waals surface area contributed by atoms with Gasteiger partial charge in [-0.1, -0.05) is 68.6 Å². The van der Waals surface area contributed by atoms with E-state index in [-0.39, 0.29) is 17.1 Å². The van der Waals surface area contributed by atoms with Crippen LogP contribution in [0.4, 0.5) is 0 Å². The Balaban J connectivity index is 0.000000328. The summed E-state index contributed by atoms with van der Waals surface area (Å²) in [5, 5.41) is 17.9. The number of benzene rings is 2. The average molecular weight is 433 g/mol. The zero-order valence-electron chi connectivity index (χ0n) is 15.0. The third-order valence-electron chi connectivity index (χ3n) is 3.49. The fourth-order valence-electron chi connectivity index (χ4n) is 2.44.